The molecule has 0 amide bonds. The first-order chi connectivity index (χ1) is 29.3. The first-order valence-electron chi connectivity index (χ1n) is 20.1. The minimum atomic E-state index is 0.695. The number of hydrogen-bond donors (Lipinski definition) is 0. The summed E-state index contributed by atoms with van der Waals surface area (Å²) in [6.07, 6.45) is 2.03. The van der Waals surface area contributed by atoms with Crippen LogP contribution < -0.4 is 0 Å². The lowest BCUT2D eigenvalue weighted by Crippen LogP contribution is -2.04. The van der Waals surface area contributed by atoms with Crippen molar-refractivity contribution < 1.29 is 0 Å². The predicted octanol–water partition coefficient (Wildman–Crippen LogP) is 13.7. The number of hydrogen-bond acceptors (Lipinski definition) is 2. The van der Waals surface area contributed by atoms with Crippen molar-refractivity contribution in [1.29, 1.82) is 0 Å². The molecule has 0 N–H and O–H groups in total. The van der Waals surface area contributed by atoms with Crippen molar-refractivity contribution in [1.82, 2.24) is 23.7 Å². The van der Waals surface area contributed by atoms with Gasteiger partial charge in [-0.15, -0.1) is 0 Å². The Kier molecular flexibility index (Phi) is 6.66. The standard InChI is InChI=1S/C54H33N5/c1-5-17-34(18-6-1)49-46(33-55-54(56-49)35-19-7-2-8-20-35)59-45-28-16-14-26-41(45)43-32-37-30-29-36-31-42-40-25-13-15-27-44(40)57(38-21-9-3-10-22-38)50(42)52-47(36)48(37)53(51(43)59)58(52)39-23-11-4-12-24-39/h1-33H. The van der Waals surface area contributed by atoms with Crippen molar-refractivity contribution >= 4 is 76.2 Å². The predicted molar refractivity (Wildman–Crippen MR) is 245 cm³/mol. The Morgan fingerprint density at radius 1 is 0.356 bits per heavy atom. The Hall–Kier alpha value is -8.02. The van der Waals surface area contributed by atoms with Crippen LogP contribution in [0.4, 0.5) is 0 Å². The maximum absolute atomic E-state index is 5.39. The van der Waals surface area contributed by atoms with Crippen LogP contribution in [0.3, 0.4) is 0 Å². The van der Waals surface area contributed by atoms with Gasteiger partial charge in [0.15, 0.2) is 5.82 Å². The highest BCUT2D eigenvalue weighted by molar-refractivity contribution is 6.37. The van der Waals surface area contributed by atoms with E-state index in [0.717, 1.165) is 50.4 Å². The second kappa shape index (κ2) is 12.2. The molecule has 0 atom stereocenters. The highest BCUT2D eigenvalue weighted by Crippen LogP contribution is 2.50. The van der Waals surface area contributed by atoms with Gasteiger partial charge < -0.3 is 13.7 Å². The molecule has 9 aromatic carbocycles. The van der Waals surface area contributed by atoms with Gasteiger partial charge in [0.2, 0.25) is 0 Å². The molecular formula is C54H33N5. The van der Waals surface area contributed by atoms with Crippen molar-refractivity contribution in [3.8, 4) is 39.7 Å². The lowest BCUT2D eigenvalue weighted by atomic mass is 9.98. The molecule has 0 radical (unpaired) electrons. The summed E-state index contributed by atoms with van der Waals surface area (Å²) in [6.45, 7) is 0. The molecule has 0 aliphatic carbocycles. The monoisotopic (exact) mass is 751 g/mol. The third kappa shape index (κ3) is 4.50. The molecule has 4 aromatic heterocycles. The van der Waals surface area contributed by atoms with E-state index in [1.807, 2.05) is 24.4 Å². The van der Waals surface area contributed by atoms with Crippen LogP contribution in [-0.2, 0) is 0 Å². The Balaban J connectivity index is 1.29. The third-order valence-corrected chi connectivity index (χ3v) is 12.2. The number of para-hydroxylation sites is 4. The van der Waals surface area contributed by atoms with E-state index in [2.05, 4.69) is 190 Å². The molecule has 0 bridgehead atoms. The minimum Gasteiger partial charge on any atom is -0.307 e. The van der Waals surface area contributed by atoms with Crippen molar-refractivity contribution in [2.75, 3.05) is 0 Å². The van der Waals surface area contributed by atoms with Crippen LogP contribution in [0.2, 0.25) is 0 Å². The van der Waals surface area contributed by atoms with Crippen LogP contribution in [0.1, 0.15) is 0 Å². The number of fused-ring (bicyclic) bond motifs is 8. The van der Waals surface area contributed by atoms with Gasteiger partial charge in [-0.3, -0.25) is 0 Å². The van der Waals surface area contributed by atoms with Crippen LogP contribution in [0, 0.1) is 0 Å². The van der Waals surface area contributed by atoms with E-state index >= 15 is 0 Å². The molecule has 0 aliphatic heterocycles. The van der Waals surface area contributed by atoms with Gasteiger partial charge >= 0.3 is 0 Å². The summed E-state index contributed by atoms with van der Waals surface area (Å²) in [5, 5.41) is 9.76. The molecule has 13 rings (SSSR count). The van der Waals surface area contributed by atoms with Crippen molar-refractivity contribution in [3.05, 3.63) is 200 Å². The molecule has 59 heavy (non-hydrogen) atoms. The smallest absolute Gasteiger partial charge is 0.159 e. The number of nitrogens with zero attached hydrogens (tertiary/aromatic N) is 5. The molecule has 0 saturated heterocycles. The molecule has 0 fully saturated rings. The minimum absolute atomic E-state index is 0.695. The van der Waals surface area contributed by atoms with Crippen LogP contribution in [0.5, 0.6) is 0 Å². The fourth-order valence-electron chi connectivity index (χ4n) is 9.77. The topological polar surface area (TPSA) is 40.6 Å². The lowest BCUT2D eigenvalue weighted by Gasteiger charge is -2.16. The fraction of sp³-hybridized carbons (Fsp3) is 0. The van der Waals surface area contributed by atoms with E-state index in [-0.39, 0.29) is 0 Å². The van der Waals surface area contributed by atoms with E-state index in [1.54, 1.807) is 0 Å². The molecule has 4 heterocycles. The van der Waals surface area contributed by atoms with Gasteiger partial charge in [-0.1, -0.05) is 146 Å². The van der Waals surface area contributed by atoms with Crippen LogP contribution >= 0.6 is 0 Å². The van der Waals surface area contributed by atoms with Crippen LogP contribution in [0.25, 0.3) is 116 Å². The Morgan fingerprint density at radius 2 is 0.814 bits per heavy atom. The van der Waals surface area contributed by atoms with Gasteiger partial charge in [-0.05, 0) is 59.3 Å². The zero-order valence-electron chi connectivity index (χ0n) is 31.8. The summed E-state index contributed by atoms with van der Waals surface area (Å²) in [4.78, 5) is 10.5. The molecular weight excluding hydrogens is 719 g/mol. The van der Waals surface area contributed by atoms with Crippen molar-refractivity contribution in [3.63, 3.8) is 0 Å². The second-order valence-electron chi connectivity index (χ2n) is 15.4. The van der Waals surface area contributed by atoms with E-state index < -0.39 is 0 Å². The van der Waals surface area contributed by atoms with E-state index in [1.165, 1.54) is 59.6 Å². The second-order valence-corrected chi connectivity index (χ2v) is 15.4. The largest absolute Gasteiger partial charge is 0.307 e. The summed E-state index contributed by atoms with van der Waals surface area (Å²) in [5.74, 6) is 0.695. The summed E-state index contributed by atoms with van der Waals surface area (Å²) in [5.41, 5.74) is 13.0. The quantitative estimate of drug-likeness (QED) is 0.164. The molecule has 5 heteroatoms. The number of aromatic nitrogens is 5. The van der Waals surface area contributed by atoms with Gasteiger partial charge in [0.25, 0.3) is 0 Å². The van der Waals surface area contributed by atoms with E-state index in [4.69, 9.17) is 9.97 Å². The zero-order valence-corrected chi connectivity index (χ0v) is 31.8. The molecule has 0 saturated carbocycles. The first kappa shape index (κ1) is 32.1. The molecule has 0 unspecified atom stereocenters. The SMILES string of the molecule is c1ccc(-c2ncc(-n3c4ccccc4c4cc5ccc6cc7c8ccccc8n(-c8ccccc8)c7c7c6c5c(c43)n7-c3ccccc3)c(-c3ccccc3)n2)cc1. The van der Waals surface area contributed by atoms with Gasteiger partial charge in [-0.2, -0.15) is 0 Å². The van der Waals surface area contributed by atoms with Gasteiger partial charge in [0.05, 0.1) is 50.7 Å². The Labute approximate surface area is 338 Å². The lowest BCUT2D eigenvalue weighted by molar-refractivity contribution is 1.08. The maximum atomic E-state index is 5.39. The molecule has 5 nitrogen and oxygen atoms in total. The molecule has 274 valence electrons. The normalized spacial score (nSPS) is 12.1. The zero-order chi connectivity index (χ0) is 38.6. The van der Waals surface area contributed by atoms with Crippen LogP contribution in [0.15, 0.2) is 200 Å². The number of benzene rings is 9. The molecule has 0 aliphatic rings. The maximum Gasteiger partial charge on any atom is 0.159 e. The van der Waals surface area contributed by atoms with Crippen LogP contribution in [-0.4, -0.2) is 23.7 Å². The number of rotatable bonds is 5. The Bertz CT molecular complexity index is 3750. The highest BCUT2D eigenvalue weighted by atomic mass is 15.1. The molecule has 13 aromatic rings. The average Bonchev–Trinajstić information content (AvgIpc) is 3.96. The summed E-state index contributed by atoms with van der Waals surface area (Å²) >= 11 is 0. The summed E-state index contributed by atoms with van der Waals surface area (Å²) < 4.78 is 7.45. The van der Waals surface area contributed by atoms with Gasteiger partial charge in [-0.25, -0.2) is 9.97 Å². The molecule has 0 spiro atoms. The third-order valence-electron chi connectivity index (χ3n) is 12.2. The average molecular weight is 752 g/mol. The Morgan fingerprint density at radius 3 is 1.39 bits per heavy atom. The van der Waals surface area contributed by atoms with Gasteiger partial charge in [0.1, 0.15) is 0 Å². The van der Waals surface area contributed by atoms with Gasteiger partial charge in [0, 0.05) is 54.8 Å². The van der Waals surface area contributed by atoms with Crippen molar-refractivity contribution in [2.24, 2.45) is 0 Å². The van der Waals surface area contributed by atoms with E-state index in [9.17, 15) is 0 Å². The summed E-state index contributed by atoms with van der Waals surface area (Å²) in [6, 6.07) is 69.6. The van der Waals surface area contributed by atoms with E-state index in [0.29, 0.717) is 5.82 Å². The fourth-order valence-corrected chi connectivity index (χ4v) is 9.77. The highest BCUT2D eigenvalue weighted by Gasteiger charge is 2.28. The first-order valence-corrected chi connectivity index (χ1v) is 20.1. The van der Waals surface area contributed by atoms with Crippen molar-refractivity contribution in [2.45, 2.75) is 0 Å². The summed E-state index contributed by atoms with van der Waals surface area (Å²) in [7, 11) is 0.